The van der Waals surface area contributed by atoms with Crippen LogP contribution in [-0.4, -0.2) is 50.1 Å². The van der Waals surface area contributed by atoms with Crippen LogP contribution in [-0.2, 0) is 30.3 Å². The largest absolute Gasteiger partial charge is 0.444 e. The Bertz CT molecular complexity index is 617. The molecule has 0 spiro atoms. The highest BCUT2D eigenvalue weighted by Gasteiger charge is 2.55. The molecule has 0 unspecified atom stereocenters. The fraction of sp³-hybridized carbons (Fsp3) is 0.650. The van der Waals surface area contributed by atoms with Crippen LogP contribution >= 0.6 is 0 Å². The molecule has 0 radical (unpaired) electrons. The predicted octanol–water partition coefficient (Wildman–Crippen LogP) is 2.83. The van der Waals surface area contributed by atoms with E-state index in [4.69, 9.17) is 23.7 Å². The first-order valence-electron chi connectivity index (χ1n) is 9.23. The lowest BCUT2D eigenvalue weighted by Gasteiger charge is -2.52. The van der Waals surface area contributed by atoms with Crippen molar-refractivity contribution in [2.45, 2.75) is 51.9 Å². The van der Waals surface area contributed by atoms with Crippen molar-refractivity contribution < 1.29 is 28.5 Å². The van der Waals surface area contributed by atoms with Crippen molar-refractivity contribution >= 4 is 6.09 Å². The number of benzene rings is 1. The van der Waals surface area contributed by atoms with Crippen LogP contribution in [0.15, 0.2) is 30.3 Å². The lowest BCUT2D eigenvalue weighted by molar-refractivity contribution is -0.475. The number of alkyl carbamates (subject to hydrolysis) is 1. The summed E-state index contributed by atoms with van der Waals surface area (Å²) in [7, 11) is 0. The molecule has 1 aromatic rings. The number of amides is 1. The number of hydrogen-bond acceptors (Lipinski definition) is 6. The summed E-state index contributed by atoms with van der Waals surface area (Å²) in [6, 6.07) is 9.14. The van der Waals surface area contributed by atoms with E-state index >= 15 is 0 Å². The summed E-state index contributed by atoms with van der Waals surface area (Å²) < 4.78 is 28.8. The fourth-order valence-electron chi connectivity index (χ4n) is 2.93. The van der Waals surface area contributed by atoms with Gasteiger partial charge >= 0.3 is 12.1 Å². The molecule has 1 amide bonds. The van der Waals surface area contributed by atoms with Crippen LogP contribution in [0.5, 0.6) is 0 Å². The van der Waals surface area contributed by atoms with Crippen LogP contribution in [0.1, 0.15) is 33.3 Å². The maximum atomic E-state index is 12.3. The second-order valence-corrected chi connectivity index (χ2v) is 8.48. The molecule has 3 saturated heterocycles. The highest BCUT2D eigenvalue weighted by Crippen LogP contribution is 2.40. The first-order valence-corrected chi connectivity index (χ1v) is 9.23. The number of nitrogens with one attached hydrogen (secondary N) is 1. The summed E-state index contributed by atoms with van der Waals surface area (Å²) in [5, 5.41) is 2.80. The molecule has 3 heterocycles. The SMILES string of the molecule is CC12COC([C@H](COCc3ccccc3)NC(=O)OC(C)(C)C)(OC1)OC2. The van der Waals surface area contributed by atoms with E-state index in [1.807, 2.05) is 58.0 Å². The molecule has 7 nitrogen and oxygen atoms in total. The number of ether oxygens (including phenoxy) is 5. The Morgan fingerprint density at radius 2 is 1.74 bits per heavy atom. The van der Waals surface area contributed by atoms with Crippen LogP contribution in [0.3, 0.4) is 0 Å². The normalized spacial score (nSPS) is 28.6. The average Bonchev–Trinajstić information content (AvgIpc) is 2.61. The number of carbonyl (C=O) groups is 1. The Morgan fingerprint density at radius 1 is 1.15 bits per heavy atom. The van der Waals surface area contributed by atoms with Crippen LogP contribution in [0.4, 0.5) is 4.79 Å². The molecule has 1 atom stereocenters. The Balaban J connectivity index is 1.66. The highest BCUT2D eigenvalue weighted by molar-refractivity contribution is 5.68. The van der Waals surface area contributed by atoms with Gasteiger partial charge in [0, 0.05) is 5.41 Å². The zero-order valence-electron chi connectivity index (χ0n) is 16.4. The van der Waals surface area contributed by atoms with E-state index in [1.165, 1.54) is 0 Å². The summed E-state index contributed by atoms with van der Waals surface area (Å²) in [6.07, 6.45) is -0.570. The number of rotatable bonds is 6. The highest BCUT2D eigenvalue weighted by atomic mass is 16.9. The number of carbonyl (C=O) groups excluding carboxylic acids is 1. The van der Waals surface area contributed by atoms with Crippen molar-refractivity contribution in [3.63, 3.8) is 0 Å². The molecule has 7 heteroatoms. The van der Waals surface area contributed by atoms with Crippen molar-refractivity contribution in [3.05, 3.63) is 35.9 Å². The fourth-order valence-corrected chi connectivity index (χ4v) is 2.93. The van der Waals surface area contributed by atoms with Gasteiger partial charge in [-0.05, 0) is 26.3 Å². The number of fused-ring (bicyclic) bond motifs is 3. The Labute approximate surface area is 160 Å². The van der Waals surface area contributed by atoms with Crippen molar-refractivity contribution in [2.75, 3.05) is 26.4 Å². The van der Waals surface area contributed by atoms with Gasteiger partial charge in [-0.25, -0.2) is 4.79 Å². The van der Waals surface area contributed by atoms with E-state index in [1.54, 1.807) is 0 Å². The van der Waals surface area contributed by atoms with Gasteiger partial charge in [-0.2, -0.15) is 0 Å². The molecule has 2 bridgehead atoms. The van der Waals surface area contributed by atoms with Gasteiger partial charge in [0.05, 0.1) is 33.0 Å². The third kappa shape index (κ3) is 5.19. The van der Waals surface area contributed by atoms with E-state index in [0.29, 0.717) is 26.4 Å². The lowest BCUT2D eigenvalue weighted by Crippen LogP contribution is -2.68. The monoisotopic (exact) mass is 379 g/mol. The molecule has 0 aliphatic carbocycles. The second kappa shape index (κ2) is 7.75. The first-order chi connectivity index (χ1) is 12.7. The third-order valence-electron chi connectivity index (χ3n) is 4.38. The lowest BCUT2D eigenvalue weighted by atomic mass is 9.91. The van der Waals surface area contributed by atoms with Crippen molar-refractivity contribution in [1.82, 2.24) is 5.32 Å². The smallest absolute Gasteiger partial charge is 0.408 e. The summed E-state index contributed by atoms with van der Waals surface area (Å²) in [4.78, 5) is 12.3. The van der Waals surface area contributed by atoms with Gasteiger partial charge in [-0.1, -0.05) is 37.3 Å². The molecule has 3 aliphatic rings. The van der Waals surface area contributed by atoms with E-state index in [9.17, 15) is 4.79 Å². The molecule has 3 fully saturated rings. The Hall–Kier alpha value is -1.67. The maximum absolute atomic E-state index is 12.3. The molecule has 150 valence electrons. The second-order valence-electron chi connectivity index (χ2n) is 8.48. The summed E-state index contributed by atoms with van der Waals surface area (Å²) in [5.74, 6) is -1.36. The zero-order chi connectivity index (χ0) is 19.5. The molecule has 1 N–H and O–H groups in total. The quantitative estimate of drug-likeness (QED) is 0.819. The molecule has 1 aromatic carbocycles. The van der Waals surface area contributed by atoms with Gasteiger partial charge in [0.1, 0.15) is 11.6 Å². The van der Waals surface area contributed by atoms with Crippen LogP contribution < -0.4 is 5.32 Å². The molecular formula is C20H29NO6. The van der Waals surface area contributed by atoms with Crippen LogP contribution in [0.2, 0.25) is 0 Å². The van der Waals surface area contributed by atoms with E-state index in [-0.39, 0.29) is 12.0 Å². The molecule has 0 saturated carbocycles. The van der Waals surface area contributed by atoms with E-state index in [2.05, 4.69) is 5.32 Å². The maximum Gasteiger partial charge on any atom is 0.408 e. The Kier molecular flexibility index (Phi) is 5.76. The summed E-state index contributed by atoms with van der Waals surface area (Å²) >= 11 is 0. The minimum atomic E-state index is -1.36. The van der Waals surface area contributed by atoms with E-state index in [0.717, 1.165) is 5.56 Å². The van der Waals surface area contributed by atoms with Gasteiger partial charge in [0.15, 0.2) is 0 Å². The minimum Gasteiger partial charge on any atom is -0.444 e. The average molecular weight is 379 g/mol. The predicted molar refractivity (Wildman–Crippen MR) is 97.9 cm³/mol. The van der Waals surface area contributed by atoms with Gasteiger partial charge in [-0.15, -0.1) is 0 Å². The molecular weight excluding hydrogens is 350 g/mol. The Morgan fingerprint density at radius 3 is 2.30 bits per heavy atom. The van der Waals surface area contributed by atoms with Crippen molar-refractivity contribution in [2.24, 2.45) is 5.41 Å². The minimum absolute atomic E-state index is 0.158. The van der Waals surface area contributed by atoms with Crippen molar-refractivity contribution in [1.29, 1.82) is 0 Å². The van der Waals surface area contributed by atoms with Gasteiger partial charge < -0.3 is 29.0 Å². The summed E-state index contributed by atoms with van der Waals surface area (Å²) in [6.45, 7) is 9.52. The van der Waals surface area contributed by atoms with Crippen molar-refractivity contribution in [3.8, 4) is 0 Å². The molecule has 27 heavy (non-hydrogen) atoms. The zero-order valence-corrected chi connectivity index (χ0v) is 16.4. The number of hydrogen-bond donors (Lipinski definition) is 1. The van der Waals surface area contributed by atoms with Gasteiger partial charge in [-0.3, -0.25) is 0 Å². The van der Waals surface area contributed by atoms with Crippen LogP contribution in [0.25, 0.3) is 0 Å². The van der Waals surface area contributed by atoms with Crippen LogP contribution in [0, 0.1) is 5.41 Å². The van der Waals surface area contributed by atoms with Gasteiger partial charge in [0.2, 0.25) is 0 Å². The topological polar surface area (TPSA) is 75.3 Å². The standard InChI is InChI=1S/C20H29NO6/c1-18(2,3)27-17(22)21-16(11-23-10-15-8-6-5-7-9-15)20-24-12-19(4,13-25-20)14-26-20/h5-9,16H,10-14H2,1-4H3,(H,21,22)/t16-,19?,20?/m0/s1. The summed E-state index contributed by atoms with van der Waals surface area (Å²) in [5.41, 5.74) is 0.259. The van der Waals surface area contributed by atoms with Gasteiger partial charge in [0.25, 0.3) is 0 Å². The third-order valence-corrected chi connectivity index (χ3v) is 4.38. The van der Waals surface area contributed by atoms with E-state index < -0.39 is 23.7 Å². The first kappa shape index (κ1) is 20.1. The molecule has 3 aliphatic heterocycles. The molecule has 0 aromatic heterocycles. The molecule has 4 rings (SSSR count).